The molecule has 1 aliphatic carbocycles. The smallest absolute Gasteiger partial charge is 0.264 e. The van der Waals surface area contributed by atoms with Gasteiger partial charge in [-0.25, -0.2) is 0 Å². The Labute approximate surface area is 372 Å². The lowest BCUT2D eigenvalue weighted by molar-refractivity contribution is 0.332. The van der Waals surface area contributed by atoms with Gasteiger partial charge in [0.25, 0.3) is 6.71 Å². The molecule has 0 fully saturated rings. The number of hydrogen-bond acceptors (Lipinski definition) is 3. The fourth-order valence-electron chi connectivity index (χ4n) is 10.3. The predicted molar refractivity (Wildman–Crippen MR) is 268 cm³/mol. The van der Waals surface area contributed by atoms with E-state index in [1.54, 1.807) is 0 Å². The predicted octanol–water partition coefficient (Wildman–Crippen LogP) is 14.7. The highest BCUT2D eigenvalue weighted by Gasteiger charge is 2.48. The number of benzene rings is 6. The topological polar surface area (TPSA) is 6.48 Å². The first-order valence-electron chi connectivity index (χ1n) is 23.5. The molecule has 4 heteroatoms. The van der Waals surface area contributed by atoms with Crippen LogP contribution >= 0.6 is 11.3 Å². The summed E-state index contributed by atoms with van der Waals surface area (Å²) < 4.78 is 22.0. The number of thiophene rings is 1. The van der Waals surface area contributed by atoms with E-state index in [0.717, 1.165) is 41.2 Å². The molecule has 0 saturated carbocycles. The summed E-state index contributed by atoms with van der Waals surface area (Å²) in [5.74, 6) is 0.211. The maximum absolute atomic E-state index is 9.73. The molecule has 10 rings (SSSR count). The van der Waals surface area contributed by atoms with Crippen molar-refractivity contribution >= 4 is 78.0 Å². The third-order valence-electron chi connectivity index (χ3n) is 14.3. The van der Waals surface area contributed by atoms with Gasteiger partial charge in [-0.3, -0.25) is 0 Å². The molecule has 61 heavy (non-hydrogen) atoms. The summed E-state index contributed by atoms with van der Waals surface area (Å²) in [6.07, 6.45) is 2.27. The maximum atomic E-state index is 9.73. The van der Waals surface area contributed by atoms with Crippen molar-refractivity contribution in [1.82, 2.24) is 0 Å². The van der Waals surface area contributed by atoms with Crippen molar-refractivity contribution in [3.8, 4) is 11.1 Å². The van der Waals surface area contributed by atoms with Crippen LogP contribution in [0.2, 0.25) is 0 Å². The van der Waals surface area contributed by atoms with Gasteiger partial charge >= 0.3 is 0 Å². The summed E-state index contributed by atoms with van der Waals surface area (Å²) in [7, 11) is 0. The Hall–Kier alpha value is -5.06. The zero-order valence-corrected chi connectivity index (χ0v) is 39.1. The average Bonchev–Trinajstić information content (AvgIpc) is 3.61. The van der Waals surface area contributed by atoms with Crippen molar-refractivity contribution in [2.45, 2.75) is 124 Å². The van der Waals surface area contributed by atoms with Gasteiger partial charge in [-0.2, -0.15) is 0 Å². The number of fused-ring (bicyclic) bond motifs is 7. The number of rotatable bonds is 4. The Bertz CT molecular complexity index is 2980. The SMILES string of the molecule is [2H]c1cc(C(C)C)cc([2H])c1N1c2cccc3c2B(c2cc4c(cc2N3c2ccc(C(C)(C)C)cc2-c2ccccc2)C(C)(C)CCC4(C)C)c2sc3ccc(C(C)(C)C)cc3c21. The van der Waals surface area contributed by atoms with Gasteiger partial charge < -0.3 is 9.80 Å². The summed E-state index contributed by atoms with van der Waals surface area (Å²) in [4.78, 5) is 4.90. The molecule has 0 unspecified atom stereocenters. The fourth-order valence-corrected chi connectivity index (χ4v) is 11.6. The van der Waals surface area contributed by atoms with E-state index < -0.39 is 0 Å². The second-order valence-electron chi connectivity index (χ2n) is 21.7. The lowest BCUT2D eigenvalue weighted by atomic mass is 9.35. The van der Waals surface area contributed by atoms with Crippen LogP contribution < -0.4 is 25.5 Å². The molecule has 6 aromatic carbocycles. The van der Waals surface area contributed by atoms with Crippen molar-refractivity contribution in [3.05, 3.63) is 149 Å². The molecule has 0 saturated heterocycles. The quantitative estimate of drug-likeness (QED) is 0.163. The van der Waals surface area contributed by atoms with Crippen molar-refractivity contribution in [2.75, 3.05) is 9.80 Å². The molecular formula is C57H61BN2S. The number of nitrogens with zero attached hydrogens (tertiary/aromatic N) is 2. The van der Waals surface area contributed by atoms with Crippen LogP contribution in [0.1, 0.15) is 132 Å². The first-order chi connectivity index (χ1) is 29.7. The molecule has 2 aliphatic heterocycles. The first-order valence-corrected chi connectivity index (χ1v) is 23.3. The Morgan fingerprint density at radius 3 is 1.89 bits per heavy atom. The van der Waals surface area contributed by atoms with Crippen molar-refractivity contribution in [3.63, 3.8) is 0 Å². The Kier molecular flexibility index (Phi) is 8.48. The van der Waals surface area contributed by atoms with E-state index in [2.05, 4.69) is 190 Å². The number of hydrogen-bond donors (Lipinski definition) is 0. The molecule has 1 aromatic heterocycles. The lowest BCUT2D eigenvalue weighted by Crippen LogP contribution is -2.61. The minimum atomic E-state index is -0.0535. The van der Waals surface area contributed by atoms with E-state index in [4.69, 9.17) is 0 Å². The highest BCUT2D eigenvalue weighted by Crippen LogP contribution is 2.53. The summed E-state index contributed by atoms with van der Waals surface area (Å²) >= 11 is 1.90. The Morgan fingerprint density at radius 2 is 1.25 bits per heavy atom. The van der Waals surface area contributed by atoms with E-state index in [1.807, 2.05) is 23.5 Å². The first kappa shape index (κ1) is 37.7. The van der Waals surface area contributed by atoms with Gasteiger partial charge in [0, 0.05) is 43.2 Å². The largest absolute Gasteiger partial charge is 0.311 e. The van der Waals surface area contributed by atoms with Crippen molar-refractivity contribution in [1.29, 1.82) is 0 Å². The standard InChI is InChI=1S/C57H61BN2S/c1-35(2)36-21-25-40(26-22-36)59-47-19-16-20-48-51(47)58(53-52(59)42-32-39(55(6,7)8)24-28-50(42)61-53)45-33-43-44(57(11,12)30-29-56(43,9)10)34-49(45)60(48)46-27-23-38(54(3,4)5)31-41(46)37-17-14-13-15-18-37/h13-28,31-35H,29-30H2,1-12H3/i25D,26D. The normalized spacial score (nSPS) is 16.8. The zero-order chi connectivity index (χ0) is 44.7. The highest BCUT2D eigenvalue weighted by molar-refractivity contribution is 7.33. The minimum absolute atomic E-state index is 0.0117. The summed E-state index contributed by atoms with van der Waals surface area (Å²) in [6, 6.07) is 41.8. The third kappa shape index (κ3) is 6.33. The molecular weight excluding hydrogens is 756 g/mol. The van der Waals surface area contributed by atoms with Gasteiger partial charge in [0.1, 0.15) is 0 Å². The van der Waals surface area contributed by atoms with Crippen LogP contribution in [0.4, 0.5) is 34.1 Å². The van der Waals surface area contributed by atoms with Crippen LogP contribution in [0.25, 0.3) is 21.2 Å². The van der Waals surface area contributed by atoms with Crippen LogP contribution in [-0.4, -0.2) is 6.71 Å². The summed E-state index contributed by atoms with van der Waals surface area (Å²) in [5, 5.41) is 1.19. The Morgan fingerprint density at radius 1 is 0.639 bits per heavy atom. The lowest BCUT2D eigenvalue weighted by Gasteiger charge is -2.47. The van der Waals surface area contributed by atoms with Gasteiger partial charge in [-0.1, -0.05) is 150 Å². The van der Waals surface area contributed by atoms with Crippen molar-refractivity contribution in [2.24, 2.45) is 0 Å². The van der Waals surface area contributed by atoms with E-state index >= 15 is 0 Å². The molecule has 2 nitrogen and oxygen atoms in total. The molecule has 0 atom stereocenters. The zero-order valence-electron chi connectivity index (χ0n) is 40.3. The van der Waals surface area contributed by atoms with Gasteiger partial charge in [-0.15, -0.1) is 11.3 Å². The molecule has 3 aliphatic rings. The molecule has 0 spiro atoms. The molecule has 0 bridgehead atoms. The molecule has 0 radical (unpaired) electrons. The molecule has 0 N–H and O–H groups in total. The molecule has 308 valence electrons. The molecule has 0 amide bonds. The van der Waals surface area contributed by atoms with E-state index in [1.165, 1.54) is 64.9 Å². The van der Waals surface area contributed by atoms with Gasteiger partial charge in [0.2, 0.25) is 0 Å². The van der Waals surface area contributed by atoms with Gasteiger partial charge in [0.15, 0.2) is 0 Å². The van der Waals surface area contributed by atoms with Crippen LogP contribution in [0.15, 0.2) is 121 Å². The minimum Gasteiger partial charge on any atom is -0.311 e. The second-order valence-corrected chi connectivity index (χ2v) is 22.8. The van der Waals surface area contributed by atoms with Gasteiger partial charge in [-0.05, 0) is 139 Å². The molecule has 3 heterocycles. The van der Waals surface area contributed by atoms with Crippen LogP contribution in [-0.2, 0) is 21.7 Å². The van der Waals surface area contributed by atoms with E-state index in [-0.39, 0.29) is 34.3 Å². The maximum Gasteiger partial charge on any atom is 0.264 e. The van der Waals surface area contributed by atoms with E-state index in [9.17, 15) is 2.74 Å². The molecule has 7 aromatic rings. The summed E-state index contributed by atoms with van der Waals surface area (Å²) in [5.41, 5.74) is 17.7. The second kappa shape index (κ2) is 13.7. The number of anilines is 6. The van der Waals surface area contributed by atoms with Crippen LogP contribution in [0.5, 0.6) is 0 Å². The Balaban J connectivity index is 1.36. The van der Waals surface area contributed by atoms with Crippen LogP contribution in [0.3, 0.4) is 0 Å². The fraction of sp³-hybridized carbons (Fsp3) is 0.333. The van der Waals surface area contributed by atoms with Crippen LogP contribution in [0, 0.1) is 0 Å². The highest BCUT2D eigenvalue weighted by atomic mass is 32.1. The summed E-state index contributed by atoms with van der Waals surface area (Å²) in [6.45, 7) is 27.8. The monoisotopic (exact) mass is 818 g/mol. The van der Waals surface area contributed by atoms with Crippen molar-refractivity contribution < 1.29 is 2.74 Å². The average molecular weight is 819 g/mol. The third-order valence-corrected chi connectivity index (χ3v) is 15.5. The van der Waals surface area contributed by atoms with E-state index in [0.29, 0.717) is 17.8 Å². The van der Waals surface area contributed by atoms with Gasteiger partial charge in [0.05, 0.1) is 14.1 Å².